The number of ether oxygens (including phenoxy) is 1. The predicted octanol–water partition coefficient (Wildman–Crippen LogP) is -1.87. The van der Waals surface area contributed by atoms with Gasteiger partial charge in [0, 0.05) is 0 Å². The molecule has 0 aliphatic rings. The molecule has 150 valence electrons. The van der Waals surface area contributed by atoms with E-state index in [2.05, 4.69) is 0 Å². The van der Waals surface area contributed by atoms with Gasteiger partial charge in [-0.3, -0.25) is 4.79 Å². The molecule has 0 saturated heterocycles. The van der Waals surface area contributed by atoms with Crippen molar-refractivity contribution in [2.24, 2.45) is 10.8 Å². The Bertz CT molecular complexity index is 462. The highest BCUT2D eigenvalue weighted by atomic mass is 16.5. The molecule has 0 unspecified atom stereocenters. The number of carbonyl (C=O) groups excluding carboxylic acids is 1. The van der Waals surface area contributed by atoms with Gasteiger partial charge < -0.3 is 40.5 Å². The number of phenols is 1. The Morgan fingerprint density at radius 2 is 1.15 bits per heavy atom. The molecule has 7 N–H and O–H groups in total. The van der Waals surface area contributed by atoms with Crippen molar-refractivity contribution in [3.63, 3.8) is 0 Å². The number of aliphatic hydroxyl groups excluding tert-OH is 6. The minimum absolute atomic E-state index is 0.0347. The van der Waals surface area contributed by atoms with Gasteiger partial charge in [0.15, 0.2) is 6.29 Å². The van der Waals surface area contributed by atoms with Crippen molar-refractivity contribution in [1.29, 1.82) is 0 Å². The Labute approximate surface area is 151 Å². The number of para-hydroxylation sites is 1. The van der Waals surface area contributed by atoms with Gasteiger partial charge in [-0.2, -0.15) is 0 Å². The van der Waals surface area contributed by atoms with Gasteiger partial charge in [-0.1, -0.05) is 12.1 Å². The molecule has 0 amide bonds. The molecule has 0 fully saturated rings. The molecule has 1 aromatic carbocycles. The lowest BCUT2D eigenvalue weighted by Gasteiger charge is -2.31. The first kappa shape index (κ1) is 24.4. The fourth-order valence-electron chi connectivity index (χ4n) is 1.65. The lowest BCUT2D eigenvalue weighted by Crippen LogP contribution is -2.43. The maximum Gasteiger partial charge on any atom is 0.153 e. The van der Waals surface area contributed by atoms with E-state index in [0.29, 0.717) is 11.8 Å². The van der Waals surface area contributed by atoms with Crippen molar-refractivity contribution in [2.75, 3.05) is 52.9 Å². The number of aldehydes is 1. The number of carbonyl (C=O) groups is 1. The number of rotatable bonds is 11. The molecule has 9 heteroatoms. The van der Waals surface area contributed by atoms with E-state index in [1.807, 2.05) is 0 Å². The molecular formula is C17H28O9. The summed E-state index contributed by atoms with van der Waals surface area (Å²) < 4.78 is 5.15. The molecule has 0 aliphatic carbocycles. The smallest absolute Gasteiger partial charge is 0.153 e. The van der Waals surface area contributed by atoms with E-state index >= 15 is 0 Å². The van der Waals surface area contributed by atoms with E-state index in [4.69, 9.17) is 40.5 Å². The standard InChI is InChI=1S/C10H22O7.C7H6O2/c11-1-9(2-12,3-13)7-17-8-10(4-14,5-15)6-16;8-5-6-3-1-2-4-7(6)9/h11-16H,1-8H2;1-5,9H. The number of benzene rings is 1. The summed E-state index contributed by atoms with van der Waals surface area (Å²) in [5, 5.41) is 63.1. The summed E-state index contributed by atoms with van der Waals surface area (Å²) in [4.78, 5) is 10.1. The van der Waals surface area contributed by atoms with Crippen LogP contribution in [0.5, 0.6) is 5.75 Å². The second-order valence-electron chi connectivity index (χ2n) is 6.12. The average Bonchev–Trinajstić information content (AvgIpc) is 2.70. The first-order chi connectivity index (χ1) is 12.4. The molecule has 0 radical (unpaired) electrons. The monoisotopic (exact) mass is 376 g/mol. The van der Waals surface area contributed by atoms with Gasteiger partial charge in [0.1, 0.15) is 5.75 Å². The molecule has 0 aliphatic heterocycles. The third-order valence-electron chi connectivity index (χ3n) is 3.89. The number of aromatic hydroxyl groups is 1. The van der Waals surface area contributed by atoms with Crippen LogP contribution in [0.1, 0.15) is 10.4 Å². The average molecular weight is 376 g/mol. The minimum Gasteiger partial charge on any atom is -0.507 e. The molecule has 1 rings (SSSR count). The first-order valence-corrected chi connectivity index (χ1v) is 7.88. The maximum atomic E-state index is 10.1. The SMILES string of the molecule is O=Cc1ccccc1O.OCC(CO)(CO)COCC(CO)(CO)CO. The predicted molar refractivity (Wildman–Crippen MR) is 91.7 cm³/mol. The Hall–Kier alpha value is -1.59. The number of phenolic OH excluding ortho intramolecular Hbond substituents is 1. The molecule has 0 bridgehead atoms. The summed E-state index contributed by atoms with van der Waals surface area (Å²) in [6.45, 7) is -3.01. The zero-order valence-corrected chi connectivity index (χ0v) is 14.5. The van der Waals surface area contributed by atoms with E-state index in [0.717, 1.165) is 0 Å². The lowest BCUT2D eigenvalue weighted by molar-refractivity contribution is -0.103. The number of hydrogen-bond acceptors (Lipinski definition) is 9. The molecule has 0 spiro atoms. The Balaban J connectivity index is 0.000000577. The molecule has 26 heavy (non-hydrogen) atoms. The summed E-state index contributed by atoms with van der Waals surface area (Å²) in [5.74, 6) is 0.0347. The van der Waals surface area contributed by atoms with Crippen LogP contribution in [0, 0.1) is 10.8 Å². The van der Waals surface area contributed by atoms with Crippen LogP contribution in [0.3, 0.4) is 0 Å². The van der Waals surface area contributed by atoms with E-state index < -0.39 is 50.5 Å². The van der Waals surface area contributed by atoms with Gasteiger partial charge >= 0.3 is 0 Å². The maximum absolute atomic E-state index is 10.1. The van der Waals surface area contributed by atoms with Gasteiger partial charge in [0.25, 0.3) is 0 Å². The van der Waals surface area contributed by atoms with Crippen LogP contribution in [0.4, 0.5) is 0 Å². The quantitative estimate of drug-likeness (QED) is 0.219. The van der Waals surface area contributed by atoms with Gasteiger partial charge in [-0.05, 0) is 12.1 Å². The summed E-state index contributed by atoms with van der Waals surface area (Å²) in [6.07, 6.45) is 0.620. The van der Waals surface area contributed by atoms with Crippen LogP contribution < -0.4 is 0 Å². The molecule has 0 heterocycles. The third-order valence-corrected chi connectivity index (χ3v) is 3.89. The molecule has 9 nitrogen and oxygen atoms in total. The van der Waals surface area contributed by atoms with Gasteiger partial charge in [-0.15, -0.1) is 0 Å². The first-order valence-electron chi connectivity index (χ1n) is 7.88. The van der Waals surface area contributed by atoms with Crippen molar-refractivity contribution in [3.05, 3.63) is 29.8 Å². The van der Waals surface area contributed by atoms with E-state index in [1.54, 1.807) is 18.2 Å². The van der Waals surface area contributed by atoms with Crippen LogP contribution in [-0.4, -0.2) is 94.9 Å². The summed E-state index contributed by atoms with van der Waals surface area (Å²) in [7, 11) is 0. The summed E-state index contributed by atoms with van der Waals surface area (Å²) >= 11 is 0. The number of hydrogen-bond donors (Lipinski definition) is 7. The van der Waals surface area contributed by atoms with Crippen molar-refractivity contribution in [3.8, 4) is 5.75 Å². The largest absolute Gasteiger partial charge is 0.507 e. The minimum atomic E-state index is -1.16. The molecular weight excluding hydrogens is 348 g/mol. The third kappa shape index (κ3) is 7.34. The zero-order valence-electron chi connectivity index (χ0n) is 14.5. The van der Waals surface area contributed by atoms with Gasteiger partial charge in [0.2, 0.25) is 0 Å². The molecule has 0 saturated carbocycles. The van der Waals surface area contributed by atoms with Crippen LogP contribution >= 0.6 is 0 Å². The highest BCUT2D eigenvalue weighted by molar-refractivity contribution is 5.78. The fourth-order valence-corrected chi connectivity index (χ4v) is 1.65. The summed E-state index contributed by atoms with van der Waals surface area (Å²) in [6, 6.07) is 6.40. The van der Waals surface area contributed by atoms with Crippen LogP contribution in [0.2, 0.25) is 0 Å². The van der Waals surface area contributed by atoms with E-state index in [-0.39, 0.29) is 19.0 Å². The van der Waals surface area contributed by atoms with Gasteiger partial charge in [0.05, 0.1) is 69.2 Å². The Kier molecular flexibility index (Phi) is 11.9. The fraction of sp³-hybridized carbons (Fsp3) is 0.588. The van der Waals surface area contributed by atoms with Crippen molar-refractivity contribution in [2.45, 2.75) is 0 Å². The highest BCUT2D eigenvalue weighted by Gasteiger charge is 2.32. The second-order valence-corrected chi connectivity index (χ2v) is 6.12. The van der Waals surface area contributed by atoms with Crippen molar-refractivity contribution < 1.29 is 45.3 Å². The second kappa shape index (κ2) is 12.7. The van der Waals surface area contributed by atoms with Crippen molar-refractivity contribution in [1.82, 2.24) is 0 Å². The van der Waals surface area contributed by atoms with Gasteiger partial charge in [-0.25, -0.2) is 0 Å². The van der Waals surface area contributed by atoms with Crippen LogP contribution in [0.25, 0.3) is 0 Å². The molecule has 0 atom stereocenters. The van der Waals surface area contributed by atoms with E-state index in [9.17, 15) is 4.79 Å². The Morgan fingerprint density at radius 1 is 0.769 bits per heavy atom. The van der Waals surface area contributed by atoms with Crippen molar-refractivity contribution >= 4 is 6.29 Å². The summed E-state index contributed by atoms with van der Waals surface area (Å²) in [5.41, 5.74) is -1.99. The highest BCUT2D eigenvalue weighted by Crippen LogP contribution is 2.19. The topological polar surface area (TPSA) is 168 Å². The van der Waals surface area contributed by atoms with E-state index in [1.165, 1.54) is 6.07 Å². The van der Waals surface area contributed by atoms with Crippen LogP contribution in [-0.2, 0) is 4.74 Å². The molecule has 1 aromatic rings. The number of aliphatic hydroxyl groups is 6. The lowest BCUT2D eigenvalue weighted by atomic mass is 9.91. The Morgan fingerprint density at radius 3 is 1.42 bits per heavy atom. The zero-order chi connectivity index (χ0) is 20.1. The molecule has 0 aromatic heterocycles. The normalized spacial score (nSPS) is 11.6. The van der Waals surface area contributed by atoms with Crippen LogP contribution in [0.15, 0.2) is 24.3 Å².